The lowest BCUT2D eigenvalue weighted by atomic mass is 10.1. The van der Waals surface area contributed by atoms with Gasteiger partial charge < -0.3 is 19.5 Å². The minimum absolute atomic E-state index is 0.119. The van der Waals surface area contributed by atoms with Crippen molar-refractivity contribution in [1.29, 1.82) is 0 Å². The van der Waals surface area contributed by atoms with Gasteiger partial charge in [0.15, 0.2) is 0 Å². The molecule has 0 spiro atoms. The van der Waals surface area contributed by atoms with Gasteiger partial charge in [-0.15, -0.1) is 0 Å². The van der Waals surface area contributed by atoms with Crippen LogP contribution < -0.4 is 10.1 Å². The third kappa shape index (κ3) is 3.54. The summed E-state index contributed by atoms with van der Waals surface area (Å²) in [6.45, 7) is 2.46. The standard InChI is InChI=1S/C20H20N4O2/c25-20(24-13-16-5-1-2-6-17(16)14-24)22-18-7-3-4-8-19(18)26-12-11-23-10-9-21-15-23/h1-10,15H,11-14H2,(H,22,25). The monoisotopic (exact) mass is 348 g/mol. The molecule has 0 radical (unpaired) electrons. The second-order valence-electron chi connectivity index (χ2n) is 6.20. The Morgan fingerprint density at radius 3 is 2.54 bits per heavy atom. The molecule has 2 heterocycles. The van der Waals surface area contributed by atoms with Crippen molar-refractivity contribution < 1.29 is 9.53 Å². The lowest BCUT2D eigenvalue weighted by Gasteiger charge is -2.18. The van der Waals surface area contributed by atoms with Crippen LogP contribution in [0.2, 0.25) is 0 Å². The van der Waals surface area contributed by atoms with Crippen molar-refractivity contribution in [2.45, 2.75) is 19.6 Å². The van der Waals surface area contributed by atoms with E-state index in [1.54, 1.807) is 17.4 Å². The molecular formula is C20H20N4O2. The predicted molar refractivity (Wildman–Crippen MR) is 98.9 cm³/mol. The number of ether oxygens (including phenoxy) is 1. The van der Waals surface area contributed by atoms with E-state index < -0.39 is 0 Å². The van der Waals surface area contributed by atoms with Crippen LogP contribution in [0.5, 0.6) is 5.75 Å². The number of amides is 2. The molecule has 0 aliphatic carbocycles. The number of urea groups is 1. The van der Waals surface area contributed by atoms with Crippen molar-refractivity contribution in [3.05, 3.63) is 78.4 Å². The number of anilines is 1. The molecule has 4 rings (SSSR count). The molecule has 0 atom stereocenters. The lowest BCUT2D eigenvalue weighted by molar-refractivity contribution is 0.212. The molecule has 0 saturated heterocycles. The number of hydrogen-bond acceptors (Lipinski definition) is 3. The Kier molecular flexibility index (Phi) is 4.55. The molecule has 0 fully saturated rings. The van der Waals surface area contributed by atoms with Gasteiger partial charge in [0.05, 0.1) is 18.6 Å². The van der Waals surface area contributed by atoms with Crippen molar-refractivity contribution in [2.24, 2.45) is 0 Å². The summed E-state index contributed by atoms with van der Waals surface area (Å²) in [4.78, 5) is 18.5. The van der Waals surface area contributed by atoms with Gasteiger partial charge in [-0.1, -0.05) is 36.4 Å². The normalized spacial score (nSPS) is 12.7. The van der Waals surface area contributed by atoms with Gasteiger partial charge in [-0.3, -0.25) is 0 Å². The first-order valence-electron chi connectivity index (χ1n) is 8.60. The fourth-order valence-corrected chi connectivity index (χ4v) is 3.05. The second-order valence-corrected chi connectivity index (χ2v) is 6.20. The molecule has 1 aliphatic heterocycles. The fourth-order valence-electron chi connectivity index (χ4n) is 3.05. The quantitative estimate of drug-likeness (QED) is 0.768. The summed E-state index contributed by atoms with van der Waals surface area (Å²) in [6, 6.07) is 15.5. The topological polar surface area (TPSA) is 59.4 Å². The number of carbonyl (C=O) groups excluding carboxylic acids is 1. The van der Waals surface area contributed by atoms with Crippen LogP contribution in [0.4, 0.5) is 10.5 Å². The molecule has 6 heteroatoms. The van der Waals surface area contributed by atoms with E-state index in [1.807, 2.05) is 47.2 Å². The maximum absolute atomic E-state index is 12.6. The van der Waals surface area contributed by atoms with Gasteiger partial charge in [0.1, 0.15) is 12.4 Å². The maximum atomic E-state index is 12.6. The fraction of sp³-hybridized carbons (Fsp3) is 0.200. The molecule has 2 amide bonds. The summed E-state index contributed by atoms with van der Waals surface area (Å²) in [6.07, 6.45) is 5.38. The maximum Gasteiger partial charge on any atom is 0.322 e. The average Bonchev–Trinajstić information content (AvgIpc) is 3.32. The smallest absolute Gasteiger partial charge is 0.322 e. The zero-order chi connectivity index (χ0) is 17.8. The summed E-state index contributed by atoms with van der Waals surface area (Å²) < 4.78 is 7.80. The highest BCUT2D eigenvalue weighted by Gasteiger charge is 2.23. The van der Waals surface area contributed by atoms with Crippen molar-refractivity contribution in [1.82, 2.24) is 14.5 Å². The number of nitrogens with one attached hydrogen (secondary N) is 1. The number of hydrogen-bond donors (Lipinski definition) is 1. The van der Waals surface area contributed by atoms with Crippen LogP contribution in [0.25, 0.3) is 0 Å². The number of aromatic nitrogens is 2. The molecule has 1 N–H and O–H groups in total. The molecule has 3 aromatic rings. The number of rotatable bonds is 5. The Balaban J connectivity index is 1.38. The molecule has 1 aliphatic rings. The van der Waals surface area contributed by atoms with Crippen LogP contribution >= 0.6 is 0 Å². The highest BCUT2D eigenvalue weighted by atomic mass is 16.5. The summed E-state index contributed by atoms with van der Waals surface area (Å²) in [5, 5.41) is 2.97. The van der Waals surface area contributed by atoms with Crippen LogP contribution in [0.3, 0.4) is 0 Å². The van der Waals surface area contributed by atoms with Gasteiger partial charge >= 0.3 is 6.03 Å². The van der Waals surface area contributed by atoms with Gasteiger partial charge in [0, 0.05) is 25.5 Å². The Hall–Kier alpha value is -3.28. The third-order valence-corrected chi connectivity index (χ3v) is 4.42. The minimum atomic E-state index is -0.119. The van der Waals surface area contributed by atoms with Crippen molar-refractivity contribution in [2.75, 3.05) is 11.9 Å². The average molecular weight is 348 g/mol. The zero-order valence-electron chi connectivity index (χ0n) is 14.3. The Labute approximate surface area is 152 Å². The highest BCUT2D eigenvalue weighted by Crippen LogP contribution is 2.27. The van der Waals surface area contributed by atoms with Gasteiger partial charge in [-0.2, -0.15) is 0 Å². The van der Waals surface area contributed by atoms with Crippen molar-refractivity contribution in [3.8, 4) is 5.75 Å². The van der Waals surface area contributed by atoms with E-state index in [9.17, 15) is 4.79 Å². The third-order valence-electron chi connectivity index (χ3n) is 4.42. The first-order valence-corrected chi connectivity index (χ1v) is 8.60. The van der Waals surface area contributed by atoms with E-state index in [4.69, 9.17) is 4.74 Å². The van der Waals surface area contributed by atoms with E-state index in [2.05, 4.69) is 22.4 Å². The first-order chi connectivity index (χ1) is 12.8. The molecule has 6 nitrogen and oxygen atoms in total. The number of fused-ring (bicyclic) bond motifs is 1. The largest absolute Gasteiger partial charge is 0.490 e. The Bertz CT molecular complexity index is 867. The zero-order valence-corrected chi connectivity index (χ0v) is 14.3. The second kappa shape index (κ2) is 7.31. The molecule has 26 heavy (non-hydrogen) atoms. The molecule has 0 unspecified atom stereocenters. The van der Waals surface area contributed by atoms with Crippen LogP contribution in [0, 0.1) is 0 Å². The van der Waals surface area contributed by atoms with E-state index in [0.29, 0.717) is 37.7 Å². The highest BCUT2D eigenvalue weighted by molar-refractivity contribution is 5.91. The van der Waals surface area contributed by atoms with Gasteiger partial charge in [0.25, 0.3) is 0 Å². The van der Waals surface area contributed by atoms with E-state index >= 15 is 0 Å². The molecular weight excluding hydrogens is 328 g/mol. The number of nitrogens with zero attached hydrogens (tertiary/aromatic N) is 3. The summed E-state index contributed by atoms with van der Waals surface area (Å²) in [5.41, 5.74) is 3.08. The van der Waals surface area contributed by atoms with E-state index in [0.717, 1.165) is 0 Å². The van der Waals surface area contributed by atoms with Gasteiger partial charge in [0.2, 0.25) is 0 Å². The number of carbonyl (C=O) groups is 1. The molecule has 0 saturated carbocycles. The van der Waals surface area contributed by atoms with Gasteiger partial charge in [-0.05, 0) is 23.3 Å². The summed E-state index contributed by atoms with van der Waals surface area (Å²) in [5.74, 6) is 0.665. The number of imidazole rings is 1. The summed E-state index contributed by atoms with van der Waals surface area (Å²) in [7, 11) is 0. The van der Waals surface area contributed by atoms with Crippen molar-refractivity contribution >= 4 is 11.7 Å². The number of para-hydroxylation sites is 2. The van der Waals surface area contributed by atoms with Gasteiger partial charge in [-0.25, -0.2) is 9.78 Å². The molecule has 0 bridgehead atoms. The predicted octanol–water partition coefficient (Wildman–Crippen LogP) is 3.51. The molecule has 132 valence electrons. The van der Waals surface area contributed by atoms with E-state index in [1.165, 1.54) is 11.1 Å². The lowest BCUT2D eigenvalue weighted by Crippen LogP contribution is -2.30. The Morgan fingerprint density at radius 1 is 1.08 bits per heavy atom. The van der Waals surface area contributed by atoms with Crippen molar-refractivity contribution in [3.63, 3.8) is 0 Å². The van der Waals surface area contributed by atoms with Crippen LogP contribution in [0.1, 0.15) is 11.1 Å². The van der Waals surface area contributed by atoms with E-state index in [-0.39, 0.29) is 6.03 Å². The molecule has 2 aromatic carbocycles. The minimum Gasteiger partial charge on any atom is -0.490 e. The van der Waals surface area contributed by atoms with Crippen LogP contribution in [0.15, 0.2) is 67.3 Å². The molecule has 1 aromatic heterocycles. The number of benzene rings is 2. The Morgan fingerprint density at radius 2 is 1.81 bits per heavy atom. The van der Waals surface area contributed by atoms with Crippen LogP contribution in [-0.2, 0) is 19.6 Å². The van der Waals surface area contributed by atoms with Crippen LogP contribution in [-0.4, -0.2) is 27.1 Å². The summed E-state index contributed by atoms with van der Waals surface area (Å²) >= 11 is 0. The first kappa shape index (κ1) is 16.2. The SMILES string of the molecule is O=C(Nc1ccccc1OCCn1ccnc1)N1Cc2ccccc2C1.